The Hall–Kier alpha value is 0.250. The van der Waals surface area contributed by atoms with Crippen LogP contribution in [0, 0.1) is 17.8 Å². The Morgan fingerprint density at radius 2 is 2.14 bits per heavy atom. The average molecular weight is 216 g/mol. The normalized spacial score (nSPS) is 38.1. The summed E-state index contributed by atoms with van der Waals surface area (Å²) in [5.74, 6) is 3.11. The molecule has 0 radical (unpaired) electrons. The number of hydrogen-bond donors (Lipinski definition) is 0. The van der Waals surface area contributed by atoms with Crippen molar-refractivity contribution in [2.75, 3.05) is 20.1 Å². The molecule has 0 aliphatic heterocycles. The van der Waals surface area contributed by atoms with E-state index in [0.717, 1.165) is 24.3 Å². The van der Waals surface area contributed by atoms with Crippen LogP contribution in [-0.2, 0) is 0 Å². The van der Waals surface area contributed by atoms with Gasteiger partial charge in [0.2, 0.25) is 0 Å². The van der Waals surface area contributed by atoms with Crippen LogP contribution in [0.5, 0.6) is 0 Å². The first kappa shape index (κ1) is 10.8. The molecule has 0 spiro atoms. The second-order valence-electron chi connectivity index (χ2n) is 5.44. The Bertz CT molecular complexity index is 193. The van der Waals surface area contributed by atoms with Crippen molar-refractivity contribution in [1.82, 2.24) is 4.90 Å². The highest BCUT2D eigenvalue weighted by Gasteiger charge is 2.39. The lowest BCUT2D eigenvalue weighted by atomic mass is 9.88. The molecule has 2 heteroatoms. The van der Waals surface area contributed by atoms with E-state index in [4.69, 9.17) is 11.6 Å². The molecule has 2 rings (SSSR count). The summed E-state index contributed by atoms with van der Waals surface area (Å²) in [6.07, 6.45) is 6.02. The molecule has 2 fully saturated rings. The van der Waals surface area contributed by atoms with Crippen molar-refractivity contribution in [3.8, 4) is 0 Å². The van der Waals surface area contributed by atoms with Crippen molar-refractivity contribution in [2.24, 2.45) is 17.8 Å². The van der Waals surface area contributed by atoms with Gasteiger partial charge in [-0.1, -0.05) is 6.42 Å². The minimum absolute atomic E-state index is 0.290. The van der Waals surface area contributed by atoms with Crippen LogP contribution in [0.3, 0.4) is 0 Å². The van der Waals surface area contributed by atoms with E-state index in [1.54, 1.807) is 0 Å². The van der Waals surface area contributed by atoms with E-state index in [9.17, 15) is 0 Å². The topological polar surface area (TPSA) is 3.24 Å². The monoisotopic (exact) mass is 215 g/mol. The van der Waals surface area contributed by atoms with Crippen LogP contribution in [0.15, 0.2) is 0 Å². The van der Waals surface area contributed by atoms with Crippen molar-refractivity contribution in [3.63, 3.8) is 0 Å². The van der Waals surface area contributed by atoms with Gasteiger partial charge in [0.15, 0.2) is 0 Å². The minimum atomic E-state index is 0.290. The molecule has 82 valence electrons. The van der Waals surface area contributed by atoms with Gasteiger partial charge in [-0.25, -0.2) is 0 Å². The standard InChI is InChI=1S/C12H22ClN/c1-9(13)7-14(2)8-12-6-10-3-4-11(12)5-10/h9-12H,3-8H2,1-2H3. The largest absolute Gasteiger partial charge is 0.305 e. The maximum atomic E-state index is 6.00. The third-order valence-corrected chi connectivity index (χ3v) is 4.13. The summed E-state index contributed by atoms with van der Waals surface area (Å²) in [4.78, 5) is 2.42. The van der Waals surface area contributed by atoms with Crippen LogP contribution in [-0.4, -0.2) is 30.4 Å². The lowest BCUT2D eigenvalue weighted by Crippen LogP contribution is -2.32. The maximum absolute atomic E-state index is 6.00. The molecule has 1 nitrogen and oxygen atoms in total. The summed E-state index contributed by atoms with van der Waals surface area (Å²) in [5.41, 5.74) is 0. The number of nitrogens with zero attached hydrogens (tertiary/aromatic N) is 1. The van der Waals surface area contributed by atoms with Gasteiger partial charge in [-0.05, 0) is 51.0 Å². The molecule has 0 aromatic carbocycles. The number of hydrogen-bond acceptors (Lipinski definition) is 1. The van der Waals surface area contributed by atoms with Crippen LogP contribution < -0.4 is 0 Å². The van der Waals surface area contributed by atoms with Crippen LogP contribution in [0.1, 0.15) is 32.6 Å². The molecule has 2 saturated carbocycles. The van der Waals surface area contributed by atoms with Crippen LogP contribution in [0.2, 0.25) is 0 Å². The number of halogens is 1. The molecule has 2 bridgehead atoms. The molecule has 0 aromatic heterocycles. The van der Waals surface area contributed by atoms with Crippen LogP contribution >= 0.6 is 11.6 Å². The van der Waals surface area contributed by atoms with E-state index < -0.39 is 0 Å². The lowest BCUT2D eigenvalue weighted by Gasteiger charge is -2.27. The van der Waals surface area contributed by atoms with Gasteiger partial charge in [-0.3, -0.25) is 0 Å². The highest BCUT2D eigenvalue weighted by Crippen LogP contribution is 2.48. The van der Waals surface area contributed by atoms with Gasteiger partial charge in [0.25, 0.3) is 0 Å². The second-order valence-corrected chi connectivity index (χ2v) is 6.18. The zero-order valence-electron chi connectivity index (χ0n) is 9.38. The number of alkyl halides is 1. The van der Waals surface area contributed by atoms with E-state index in [1.807, 2.05) is 0 Å². The van der Waals surface area contributed by atoms with Crippen LogP contribution in [0.25, 0.3) is 0 Å². The second kappa shape index (κ2) is 4.40. The quantitative estimate of drug-likeness (QED) is 0.652. The fourth-order valence-corrected chi connectivity index (χ4v) is 3.74. The molecule has 2 aliphatic rings. The first-order valence-electron chi connectivity index (χ1n) is 5.97. The van der Waals surface area contributed by atoms with E-state index in [0.29, 0.717) is 5.38 Å². The summed E-state index contributed by atoms with van der Waals surface area (Å²) >= 11 is 6.00. The van der Waals surface area contributed by atoms with Crippen molar-refractivity contribution in [1.29, 1.82) is 0 Å². The van der Waals surface area contributed by atoms with Gasteiger partial charge >= 0.3 is 0 Å². The molecule has 2 aliphatic carbocycles. The Kier molecular flexibility index (Phi) is 3.38. The van der Waals surface area contributed by atoms with Gasteiger partial charge in [-0.15, -0.1) is 11.6 Å². The predicted molar refractivity (Wildman–Crippen MR) is 61.8 cm³/mol. The highest BCUT2D eigenvalue weighted by molar-refractivity contribution is 6.20. The smallest absolute Gasteiger partial charge is 0.0434 e. The SMILES string of the molecule is CC(Cl)CN(C)CC1CC2CCC1C2. The first-order valence-corrected chi connectivity index (χ1v) is 6.41. The molecule has 4 unspecified atom stereocenters. The van der Waals surface area contributed by atoms with Crippen molar-refractivity contribution in [2.45, 2.75) is 38.0 Å². The molecular formula is C12H22ClN. The third kappa shape index (κ3) is 2.43. The van der Waals surface area contributed by atoms with E-state index in [-0.39, 0.29) is 0 Å². The fourth-order valence-electron chi connectivity index (χ4n) is 3.50. The van der Waals surface area contributed by atoms with E-state index in [2.05, 4.69) is 18.9 Å². The Balaban J connectivity index is 1.75. The highest BCUT2D eigenvalue weighted by atomic mass is 35.5. The zero-order chi connectivity index (χ0) is 10.1. The van der Waals surface area contributed by atoms with Crippen LogP contribution in [0.4, 0.5) is 0 Å². The van der Waals surface area contributed by atoms with Gasteiger partial charge in [-0.2, -0.15) is 0 Å². The molecule has 0 saturated heterocycles. The summed E-state index contributed by atoms with van der Waals surface area (Å²) in [6.45, 7) is 4.40. The fraction of sp³-hybridized carbons (Fsp3) is 1.00. The Morgan fingerprint density at radius 1 is 1.36 bits per heavy atom. The summed E-state index contributed by atoms with van der Waals surface area (Å²) in [6, 6.07) is 0. The van der Waals surface area contributed by atoms with E-state index >= 15 is 0 Å². The van der Waals surface area contributed by atoms with Gasteiger partial charge < -0.3 is 4.90 Å². The molecule has 0 N–H and O–H groups in total. The van der Waals surface area contributed by atoms with Gasteiger partial charge in [0.05, 0.1) is 0 Å². The summed E-state index contributed by atoms with van der Waals surface area (Å²) in [7, 11) is 2.21. The first-order chi connectivity index (χ1) is 6.65. The maximum Gasteiger partial charge on any atom is 0.0434 e. The average Bonchev–Trinajstić information content (AvgIpc) is 2.62. The number of rotatable bonds is 4. The molecule has 0 aromatic rings. The van der Waals surface area contributed by atoms with Gasteiger partial charge in [0.1, 0.15) is 0 Å². The molecule has 0 amide bonds. The summed E-state index contributed by atoms with van der Waals surface area (Å²) < 4.78 is 0. The predicted octanol–water partition coefficient (Wildman–Crippen LogP) is 2.98. The summed E-state index contributed by atoms with van der Waals surface area (Å²) in [5, 5.41) is 0.290. The number of fused-ring (bicyclic) bond motifs is 2. The van der Waals surface area contributed by atoms with Gasteiger partial charge in [0, 0.05) is 18.5 Å². The lowest BCUT2D eigenvalue weighted by molar-refractivity contribution is 0.221. The zero-order valence-corrected chi connectivity index (χ0v) is 10.1. The van der Waals surface area contributed by atoms with Crippen molar-refractivity contribution >= 4 is 11.6 Å². The Labute approximate surface area is 92.8 Å². The minimum Gasteiger partial charge on any atom is -0.305 e. The molecule has 0 heterocycles. The molecule has 4 atom stereocenters. The van der Waals surface area contributed by atoms with Crippen molar-refractivity contribution in [3.05, 3.63) is 0 Å². The van der Waals surface area contributed by atoms with E-state index in [1.165, 1.54) is 32.2 Å². The Morgan fingerprint density at radius 3 is 2.64 bits per heavy atom. The molecule has 14 heavy (non-hydrogen) atoms. The third-order valence-electron chi connectivity index (χ3n) is 3.99. The molecular weight excluding hydrogens is 194 g/mol. The van der Waals surface area contributed by atoms with Crippen molar-refractivity contribution < 1.29 is 0 Å².